The minimum Gasteiger partial charge on any atom is -0.481 e. The number of anilines is 1. The molecule has 1 N–H and O–H groups in total. The average molecular weight is 354 g/mol. The van der Waals surface area contributed by atoms with E-state index in [0.29, 0.717) is 25.2 Å². The molecule has 26 heavy (non-hydrogen) atoms. The van der Waals surface area contributed by atoms with E-state index in [1.807, 2.05) is 42.5 Å². The molecule has 2 aromatic rings. The largest absolute Gasteiger partial charge is 0.481 e. The van der Waals surface area contributed by atoms with Crippen molar-refractivity contribution in [3.8, 4) is 0 Å². The second-order valence-corrected chi connectivity index (χ2v) is 6.33. The van der Waals surface area contributed by atoms with Crippen molar-refractivity contribution in [2.24, 2.45) is 0 Å². The standard InChI is InChI=1S/C20H22N2O4/c23-18(24)10-4-9-17-12-11-16-8-5-13-22(19(16)21-17)20(25)26-14-15-6-2-1-3-7-15/h1-3,6-7,11-12H,4-5,8-10,13-14H2,(H,23,24). The van der Waals surface area contributed by atoms with Crippen molar-refractivity contribution in [3.05, 3.63) is 59.3 Å². The molecule has 0 bridgehead atoms. The van der Waals surface area contributed by atoms with Gasteiger partial charge in [0.25, 0.3) is 0 Å². The Labute approximate surface area is 152 Å². The van der Waals surface area contributed by atoms with Crippen LogP contribution in [0.3, 0.4) is 0 Å². The third-order valence-corrected chi connectivity index (χ3v) is 4.35. The Morgan fingerprint density at radius 3 is 2.73 bits per heavy atom. The predicted octanol–water partition coefficient (Wildman–Crippen LogP) is 3.58. The first-order valence-corrected chi connectivity index (χ1v) is 8.82. The number of carbonyl (C=O) groups is 2. The van der Waals surface area contributed by atoms with Crippen LogP contribution in [0.1, 0.15) is 36.1 Å². The number of nitrogens with zero attached hydrogens (tertiary/aromatic N) is 2. The highest BCUT2D eigenvalue weighted by Crippen LogP contribution is 2.26. The normalized spacial score (nSPS) is 13.2. The van der Waals surface area contributed by atoms with Gasteiger partial charge in [-0.25, -0.2) is 9.78 Å². The van der Waals surface area contributed by atoms with Gasteiger partial charge in [0.1, 0.15) is 12.4 Å². The average Bonchev–Trinajstić information content (AvgIpc) is 2.66. The summed E-state index contributed by atoms with van der Waals surface area (Å²) >= 11 is 0. The van der Waals surface area contributed by atoms with Crippen molar-refractivity contribution >= 4 is 17.9 Å². The van der Waals surface area contributed by atoms with Crippen LogP contribution in [0.15, 0.2) is 42.5 Å². The number of benzene rings is 1. The summed E-state index contributed by atoms with van der Waals surface area (Å²) in [7, 11) is 0. The highest BCUT2D eigenvalue weighted by Gasteiger charge is 2.25. The van der Waals surface area contributed by atoms with Crippen molar-refractivity contribution in [2.75, 3.05) is 11.4 Å². The van der Waals surface area contributed by atoms with Crippen LogP contribution in [0.4, 0.5) is 10.6 Å². The molecule has 0 fully saturated rings. The lowest BCUT2D eigenvalue weighted by molar-refractivity contribution is -0.137. The number of hydrogen-bond acceptors (Lipinski definition) is 4. The van der Waals surface area contributed by atoms with Crippen molar-refractivity contribution in [3.63, 3.8) is 0 Å². The van der Waals surface area contributed by atoms with Crippen molar-refractivity contribution in [1.29, 1.82) is 0 Å². The van der Waals surface area contributed by atoms with E-state index < -0.39 is 12.1 Å². The SMILES string of the molecule is O=C(O)CCCc1ccc2c(n1)N(C(=O)OCc1ccccc1)CCC2. The molecule has 1 aliphatic heterocycles. The van der Waals surface area contributed by atoms with Gasteiger partial charge in [0.2, 0.25) is 0 Å². The quantitative estimate of drug-likeness (QED) is 0.858. The first kappa shape index (κ1) is 17.9. The smallest absolute Gasteiger partial charge is 0.415 e. The lowest BCUT2D eigenvalue weighted by Gasteiger charge is -2.28. The highest BCUT2D eigenvalue weighted by atomic mass is 16.6. The summed E-state index contributed by atoms with van der Waals surface area (Å²) in [6, 6.07) is 13.5. The highest BCUT2D eigenvalue weighted by molar-refractivity contribution is 5.87. The molecule has 6 nitrogen and oxygen atoms in total. The Morgan fingerprint density at radius 2 is 1.96 bits per heavy atom. The fourth-order valence-corrected chi connectivity index (χ4v) is 3.01. The Bertz CT molecular complexity index is 777. The molecule has 0 radical (unpaired) electrons. The maximum absolute atomic E-state index is 12.5. The summed E-state index contributed by atoms with van der Waals surface area (Å²) in [5.74, 6) is -0.170. The molecule has 1 amide bonds. The van der Waals surface area contributed by atoms with Gasteiger partial charge in [-0.2, -0.15) is 0 Å². The number of aryl methyl sites for hydroxylation is 2. The first-order valence-electron chi connectivity index (χ1n) is 8.82. The van der Waals surface area contributed by atoms with Crippen LogP contribution < -0.4 is 4.90 Å². The van der Waals surface area contributed by atoms with Crippen molar-refractivity contribution in [1.82, 2.24) is 4.98 Å². The van der Waals surface area contributed by atoms with E-state index >= 15 is 0 Å². The molecular formula is C20H22N2O4. The Morgan fingerprint density at radius 1 is 1.15 bits per heavy atom. The number of rotatable bonds is 6. The molecule has 0 unspecified atom stereocenters. The molecule has 6 heteroatoms. The summed E-state index contributed by atoms with van der Waals surface area (Å²) in [6.07, 6.45) is 2.56. The van der Waals surface area contributed by atoms with Gasteiger partial charge in [-0.15, -0.1) is 0 Å². The van der Waals surface area contributed by atoms with Crippen LogP contribution >= 0.6 is 0 Å². The molecule has 1 aromatic carbocycles. The van der Waals surface area contributed by atoms with Gasteiger partial charge in [0.15, 0.2) is 0 Å². The third kappa shape index (κ3) is 4.59. The van der Waals surface area contributed by atoms with Gasteiger partial charge in [0, 0.05) is 18.7 Å². The summed E-state index contributed by atoms with van der Waals surface area (Å²) in [6.45, 7) is 0.802. The van der Waals surface area contributed by atoms with Crippen LogP contribution in [0, 0.1) is 0 Å². The number of carbonyl (C=O) groups excluding carboxylic acids is 1. The van der Waals surface area contributed by atoms with Crippen LogP contribution in [0.25, 0.3) is 0 Å². The zero-order chi connectivity index (χ0) is 18.4. The van der Waals surface area contributed by atoms with Gasteiger partial charge in [0.05, 0.1) is 0 Å². The van der Waals surface area contributed by atoms with Crippen LogP contribution in [-0.4, -0.2) is 28.7 Å². The van der Waals surface area contributed by atoms with Crippen LogP contribution in [0.2, 0.25) is 0 Å². The van der Waals surface area contributed by atoms with Gasteiger partial charge >= 0.3 is 12.1 Å². The van der Waals surface area contributed by atoms with Crippen LogP contribution in [0.5, 0.6) is 0 Å². The van der Waals surface area contributed by atoms with Gasteiger partial charge in [-0.1, -0.05) is 36.4 Å². The van der Waals surface area contributed by atoms with E-state index in [4.69, 9.17) is 9.84 Å². The molecule has 0 spiro atoms. The number of carboxylic acids is 1. The summed E-state index contributed by atoms with van der Waals surface area (Å²) in [5, 5.41) is 8.76. The predicted molar refractivity (Wildman–Crippen MR) is 97.1 cm³/mol. The Hall–Kier alpha value is -2.89. The Kier molecular flexibility index (Phi) is 5.84. The molecule has 0 atom stereocenters. The molecule has 136 valence electrons. The molecule has 0 saturated carbocycles. The minimum absolute atomic E-state index is 0.113. The fourth-order valence-electron chi connectivity index (χ4n) is 3.01. The number of amides is 1. The molecular weight excluding hydrogens is 332 g/mol. The monoisotopic (exact) mass is 354 g/mol. The second kappa shape index (κ2) is 8.47. The van der Waals surface area contributed by atoms with E-state index in [9.17, 15) is 9.59 Å². The van der Waals surface area contributed by atoms with E-state index in [-0.39, 0.29) is 13.0 Å². The Balaban J connectivity index is 1.68. The summed E-state index contributed by atoms with van der Waals surface area (Å²) in [5.41, 5.74) is 2.76. The van der Waals surface area contributed by atoms with Crippen molar-refractivity contribution in [2.45, 2.75) is 38.7 Å². The van der Waals surface area contributed by atoms with Gasteiger partial charge < -0.3 is 9.84 Å². The van der Waals surface area contributed by atoms with E-state index in [1.54, 1.807) is 4.90 Å². The minimum atomic E-state index is -0.811. The number of ether oxygens (including phenoxy) is 1. The molecule has 1 aliphatic rings. The lowest BCUT2D eigenvalue weighted by atomic mass is 10.0. The first-order chi connectivity index (χ1) is 12.6. The molecule has 0 aliphatic carbocycles. The van der Waals surface area contributed by atoms with Crippen molar-refractivity contribution < 1.29 is 19.4 Å². The zero-order valence-electron chi connectivity index (χ0n) is 14.6. The number of aliphatic carboxylic acids is 1. The van der Waals surface area contributed by atoms with E-state index in [1.165, 1.54) is 0 Å². The van der Waals surface area contributed by atoms with Crippen LogP contribution in [-0.2, 0) is 29.0 Å². The van der Waals surface area contributed by atoms with E-state index in [0.717, 1.165) is 29.7 Å². The second-order valence-electron chi connectivity index (χ2n) is 6.33. The molecule has 0 saturated heterocycles. The molecule has 3 rings (SSSR count). The number of fused-ring (bicyclic) bond motifs is 1. The fraction of sp³-hybridized carbons (Fsp3) is 0.350. The summed E-state index contributed by atoms with van der Waals surface area (Å²) < 4.78 is 5.45. The third-order valence-electron chi connectivity index (χ3n) is 4.35. The number of pyridine rings is 1. The van der Waals surface area contributed by atoms with Gasteiger partial charge in [-0.3, -0.25) is 9.69 Å². The zero-order valence-corrected chi connectivity index (χ0v) is 14.6. The number of carboxylic acid groups (broad SMARTS) is 1. The lowest BCUT2D eigenvalue weighted by Crippen LogP contribution is -2.36. The summed E-state index contributed by atoms with van der Waals surface area (Å²) in [4.78, 5) is 29.4. The van der Waals surface area contributed by atoms with Gasteiger partial charge in [-0.05, 0) is 42.9 Å². The maximum Gasteiger partial charge on any atom is 0.415 e. The number of aromatic nitrogens is 1. The molecule has 2 heterocycles. The maximum atomic E-state index is 12.5. The number of hydrogen-bond donors (Lipinski definition) is 1. The topological polar surface area (TPSA) is 79.7 Å². The van der Waals surface area contributed by atoms with E-state index in [2.05, 4.69) is 4.98 Å². The molecule has 1 aromatic heterocycles.